The Kier molecular flexibility index (Phi) is 3.59. The molecule has 0 aliphatic heterocycles. The van der Waals surface area contributed by atoms with Gasteiger partial charge in [0.1, 0.15) is 5.82 Å². The van der Waals surface area contributed by atoms with E-state index in [9.17, 15) is 4.79 Å². The van der Waals surface area contributed by atoms with Crippen molar-refractivity contribution in [1.29, 1.82) is 0 Å². The molecule has 0 atom stereocenters. The quantitative estimate of drug-likeness (QED) is 0.785. The monoisotopic (exact) mass is 260 g/mol. The molecule has 0 aromatic carbocycles. The van der Waals surface area contributed by atoms with Crippen molar-refractivity contribution in [3.8, 4) is 11.3 Å². The molecule has 0 aliphatic carbocycles. The molecule has 0 radical (unpaired) electrons. The molecular weight excluding hydrogens is 244 g/mol. The Balaban J connectivity index is 2.57. The number of hydrogen-bond acceptors (Lipinski definition) is 5. The van der Waals surface area contributed by atoms with Crippen LogP contribution in [0.4, 0.5) is 0 Å². The largest absolute Gasteiger partial charge is 0.461 e. The van der Waals surface area contributed by atoms with Gasteiger partial charge >= 0.3 is 5.97 Å². The Morgan fingerprint density at radius 3 is 2.79 bits per heavy atom. The van der Waals surface area contributed by atoms with E-state index in [0.29, 0.717) is 29.4 Å². The van der Waals surface area contributed by atoms with Crippen LogP contribution in [0.3, 0.4) is 0 Å². The first kappa shape index (κ1) is 13.2. The van der Waals surface area contributed by atoms with Crippen molar-refractivity contribution in [3.05, 3.63) is 29.5 Å². The summed E-state index contributed by atoms with van der Waals surface area (Å²) in [6, 6.07) is 0. The normalized spacial score (nSPS) is 10.5. The van der Waals surface area contributed by atoms with E-state index in [0.717, 1.165) is 5.56 Å². The van der Waals surface area contributed by atoms with Gasteiger partial charge in [0.25, 0.3) is 0 Å². The summed E-state index contributed by atoms with van der Waals surface area (Å²) >= 11 is 0. The zero-order chi connectivity index (χ0) is 14.0. The SMILES string of the molecule is CCOC(=O)c1c(-c2nc(C)ncc2C)cnn1C. The van der Waals surface area contributed by atoms with Gasteiger partial charge in [-0.3, -0.25) is 4.68 Å². The molecule has 0 bridgehead atoms. The summed E-state index contributed by atoms with van der Waals surface area (Å²) in [7, 11) is 1.71. The summed E-state index contributed by atoms with van der Waals surface area (Å²) < 4.78 is 6.56. The first-order valence-electron chi connectivity index (χ1n) is 6.04. The smallest absolute Gasteiger partial charge is 0.357 e. The molecular formula is C13H16N4O2. The predicted octanol–water partition coefficient (Wildman–Crippen LogP) is 1.67. The van der Waals surface area contributed by atoms with Gasteiger partial charge in [0.05, 0.1) is 24.1 Å². The molecule has 0 amide bonds. The Morgan fingerprint density at radius 2 is 2.11 bits per heavy atom. The second-order valence-corrected chi connectivity index (χ2v) is 4.20. The van der Waals surface area contributed by atoms with Crippen molar-refractivity contribution in [2.75, 3.05) is 6.61 Å². The van der Waals surface area contributed by atoms with Gasteiger partial charge in [-0.15, -0.1) is 0 Å². The van der Waals surface area contributed by atoms with Crippen LogP contribution < -0.4 is 0 Å². The maximum Gasteiger partial charge on any atom is 0.357 e. The minimum Gasteiger partial charge on any atom is -0.461 e. The molecule has 6 nitrogen and oxygen atoms in total. The number of ether oxygens (including phenoxy) is 1. The maximum atomic E-state index is 12.0. The molecule has 2 rings (SSSR count). The molecule has 0 saturated carbocycles. The Morgan fingerprint density at radius 1 is 1.37 bits per heavy atom. The summed E-state index contributed by atoms with van der Waals surface area (Å²) in [5, 5.41) is 4.12. The number of esters is 1. The molecule has 19 heavy (non-hydrogen) atoms. The highest BCUT2D eigenvalue weighted by atomic mass is 16.5. The van der Waals surface area contributed by atoms with Crippen molar-refractivity contribution in [1.82, 2.24) is 19.7 Å². The van der Waals surface area contributed by atoms with Crippen LogP contribution in [0.25, 0.3) is 11.3 Å². The number of aryl methyl sites for hydroxylation is 3. The Hall–Kier alpha value is -2.24. The zero-order valence-electron chi connectivity index (χ0n) is 11.5. The van der Waals surface area contributed by atoms with Crippen LogP contribution in [0.2, 0.25) is 0 Å². The van der Waals surface area contributed by atoms with E-state index in [1.807, 2.05) is 13.8 Å². The van der Waals surface area contributed by atoms with Crippen LogP contribution in [-0.4, -0.2) is 32.3 Å². The third-order valence-electron chi connectivity index (χ3n) is 2.75. The van der Waals surface area contributed by atoms with Crippen molar-refractivity contribution in [2.45, 2.75) is 20.8 Å². The van der Waals surface area contributed by atoms with Crippen LogP contribution in [0.5, 0.6) is 0 Å². The van der Waals surface area contributed by atoms with Gasteiger partial charge in [-0.25, -0.2) is 14.8 Å². The van der Waals surface area contributed by atoms with Crippen LogP contribution in [0.1, 0.15) is 28.8 Å². The molecule has 0 spiro atoms. The first-order chi connectivity index (χ1) is 9.04. The fraction of sp³-hybridized carbons (Fsp3) is 0.385. The molecule has 0 fully saturated rings. The van der Waals surface area contributed by atoms with E-state index in [4.69, 9.17) is 4.74 Å². The topological polar surface area (TPSA) is 69.9 Å². The Bertz CT molecular complexity index is 619. The highest BCUT2D eigenvalue weighted by molar-refractivity contribution is 5.95. The van der Waals surface area contributed by atoms with E-state index in [2.05, 4.69) is 15.1 Å². The standard InChI is InChI=1S/C13H16N4O2/c1-5-19-13(18)12-10(7-15-17(12)4)11-8(2)6-14-9(3)16-11/h6-7H,5H2,1-4H3. The second kappa shape index (κ2) is 5.17. The van der Waals surface area contributed by atoms with Gasteiger partial charge in [-0.2, -0.15) is 5.10 Å². The predicted molar refractivity (Wildman–Crippen MR) is 69.7 cm³/mol. The lowest BCUT2D eigenvalue weighted by atomic mass is 10.1. The fourth-order valence-corrected chi connectivity index (χ4v) is 1.86. The number of nitrogens with zero attached hydrogens (tertiary/aromatic N) is 4. The average molecular weight is 260 g/mol. The number of carbonyl (C=O) groups is 1. The molecule has 100 valence electrons. The number of aromatic nitrogens is 4. The minimum absolute atomic E-state index is 0.325. The lowest BCUT2D eigenvalue weighted by Crippen LogP contribution is -2.12. The number of carbonyl (C=O) groups excluding carboxylic acids is 1. The van der Waals surface area contributed by atoms with E-state index in [-0.39, 0.29) is 0 Å². The van der Waals surface area contributed by atoms with E-state index in [1.165, 1.54) is 4.68 Å². The summed E-state index contributed by atoms with van der Waals surface area (Å²) in [4.78, 5) is 20.5. The zero-order valence-corrected chi connectivity index (χ0v) is 11.5. The maximum absolute atomic E-state index is 12.0. The third kappa shape index (κ3) is 2.47. The van der Waals surface area contributed by atoms with Gasteiger partial charge in [-0.05, 0) is 26.3 Å². The van der Waals surface area contributed by atoms with Gasteiger partial charge in [0.15, 0.2) is 5.69 Å². The highest BCUT2D eigenvalue weighted by Gasteiger charge is 2.21. The molecule has 2 aromatic rings. The lowest BCUT2D eigenvalue weighted by molar-refractivity contribution is 0.0514. The fourth-order valence-electron chi connectivity index (χ4n) is 1.86. The summed E-state index contributed by atoms with van der Waals surface area (Å²) in [5.74, 6) is 0.257. The molecule has 0 unspecified atom stereocenters. The summed E-state index contributed by atoms with van der Waals surface area (Å²) in [5.41, 5.74) is 2.68. The highest BCUT2D eigenvalue weighted by Crippen LogP contribution is 2.24. The Labute approximate surface area is 111 Å². The lowest BCUT2D eigenvalue weighted by Gasteiger charge is -2.07. The third-order valence-corrected chi connectivity index (χ3v) is 2.75. The molecule has 0 N–H and O–H groups in total. The van der Waals surface area contributed by atoms with Gasteiger partial charge in [-0.1, -0.05) is 0 Å². The minimum atomic E-state index is -0.395. The van der Waals surface area contributed by atoms with Crippen LogP contribution in [0, 0.1) is 13.8 Å². The van der Waals surface area contributed by atoms with Gasteiger partial charge in [0, 0.05) is 13.2 Å². The second-order valence-electron chi connectivity index (χ2n) is 4.20. The van der Waals surface area contributed by atoms with Crippen LogP contribution >= 0.6 is 0 Å². The van der Waals surface area contributed by atoms with Crippen molar-refractivity contribution < 1.29 is 9.53 Å². The molecule has 2 aromatic heterocycles. The van der Waals surface area contributed by atoms with Gasteiger partial charge in [0.2, 0.25) is 0 Å². The van der Waals surface area contributed by atoms with Crippen LogP contribution in [-0.2, 0) is 11.8 Å². The van der Waals surface area contributed by atoms with Crippen molar-refractivity contribution >= 4 is 5.97 Å². The summed E-state index contributed by atoms with van der Waals surface area (Å²) in [6.45, 7) is 5.80. The van der Waals surface area contributed by atoms with E-state index >= 15 is 0 Å². The molecule has 0 aliphatic rings. The first-order valence-corrected chi connectivity index (χ1v) is 6.04. The van der Waals surface area contributed by atoms with Gasteiger partial charge < -0.3 is 4.74 Å². The summed E-state index contributed by atoms with van der Waals surface area (Å²) in [6.07, 6.45) is 3.36. The number of rotatable bonds is 3. The van der Waals surface area contributed by atoms with Crippen molar-refractivity contribution in [2.24, 2.45) is 7.05 Å². The average Bonchev–Trinajstić information content (AvgIpc) is 2.74. The van der Waals surface area contributed by atoms with E-state index in [1.54, 1.807) is 26.4 Å². The van der Waals surface area contributed by atoms with E-state index < -0.39 is 5.97 Å². The van der Waals surface area contributed by atoms with Crippen LogP contribution in [0.15, 0.2) is 12.4 Å². The van der Waals surface area contributed by atoms with Crippen molar-refractivity contribution in [3.63, 3.8) is 0 Å². The molecule has 6 heteroatoms. The number of hydrogen-bond donors (Lipinski definition) is 0. The molecule has 2 heterocycles. The molecule has 0 saturated heterocycles.